The number of nitrogen functional groups attached to an aromatic ring is 1. The van der Waals surface area contributed by atoms with Gasteiger partial charge in [-0.15, -0.1) is 0 Å². The summed E-state index contributed by atoms with van der Waals surface area (Å²) in [5.74, 6) is 0. The molecule has 0 saturated carbocycles. The fraction of sp³-hybridized carbons (Fsp3) is 0. The molecule has 3 rings (SSSR count). The van der Waals surface area contributed by atoms with Crippen LogP contribution in [-0.4, -0.2) is 13.4 Å². The number of nitrogens with two attached hydrogens (primary N) is 2. The topological polar surface area (TPSA) is 99.1 Å². The van der Waals surface area contributed by atoms with Crippen molar-refractivity contribution in [1.82, 2.24) is 4.98 Å². The molecule has 7 heteroatoms. The molecular weight excluding hydrogens is 322 g/mol. The number of nitrogens with zero attached hydrogens (tertiary/aromatic N) is 1. The fourth-order valence-electron chi connectivity index (χ4n) is 2.39. The number of rotatable bonds is 2. The van der Waals surface area contributed by atoms with E-state index in [1.807, 2.05) is 18.2 Å². The van der Waals surface area contributed by atoms with Crippen LogP contribution < -0.4 is 10.9 Å². The van der Waals surface area contributed by atoms with E-state index in [0.29, 0.717) is 21.7 Å². The van der Waals surface area contributed by atoms with Gasteiger partial charge in [-0.1, -0.05) is 41.9 Å². The van der Waals surface area contributed by atoms with E-state index in [0.717, 1.165) is 5.39 Å². The number of sulfonamides is 1. The molecule has 0 aliphatic carbocycles. The molecule has 1 heterocycles. The number of benzene rings is 2. The molecule has 5 nitrogen and oxygen atoms in total. The summed E-state index contributed by atoms with van der Waals surface area (Å²) in [5, 5.41) is 6.53. The molecule has 0 spiro atoms. The lowest BCUT2D eigenvalue weighted by atomic mass is 10.0. The number of hydrogen-bond donors (Lipinski definition) is 2. The smallest absolute Gasteiger partial charge is 0.240 e. The van der Waals surface area contributed by atoms with Crippen molar-refractivity contribution in [2.75, 3.05) is 5.73 Å². The molecule has 0 saturated heterocycles. The number of primary sulfonamides is 1. The van der Waals surface area contributed by atoms with Gasteiger partial charge in [-0.25, -0.2) is 13.6 Å². The van der Waals surface area contributed by atoms with Crippen molar-refractivity contribution in [3.8, 4) is 11.1 Å². The molecule has 3 aromatic rings. The van der Waals surface area contributed by atoms with Crippen molar-refractivity contribution in [2.24, 2.45) is 5.14 Å². The van der Waals surface area contributed by atoms with Crippen LogP contribution in [0.4, 0.5) is 5.69 Å². The molecular formula is C15H12ClN3O2S. The third-order valence-electron chi connectivity index (χ3n) is 3.38. The summed E-state index contributed by atoms with van der Waals surface area (Å²) in [4.78, 5) is 4.22. The highest BCUT2D eigenvalue weighted by Gasteiger charge is 2.17. The van der Waals surface area contributed by atoms with Crippen molar-refractivity contribution in [3.63, 3.8) is 0 Å². The zero-order valence-electron chi connectivity index (χ0n) is 11.3. The zero-order valence-corrected chi connectivity index (χ0v) is 12.9. The zero-order chi connectivity index (χ0) is 15.9. The van der Waals surface area contributed by atoms with Crippen LogP contribution in [0.15, 0.2) is 53.6 Å². The largest absolute Gasteiger partial charge is 0.397 e. The molecule has 0 atom stereocenters. The van der Waals surface area contributed by atoms with Crippen LogP contribution in [0.5, 0.6) is 0 Å². The maximum atomic E-state index is 11.6. The first-order valence-electron chi connectivity index (χ1n) is 6.34. The SMILES string of the molecule is Nc1c(-c2cccc3c(Cl)ccnc23)cccc1S(N)(=O)=O. The number of fused-ring (bicyclic) bond motifs is 1. The Kier molecular flexibility index (Phi) is 3.52. The van der Waals surface area contributed by atoms with E-state index >= 15 is 0 Å². The summed E-state index contributed by atoms with van der Waals surface area (Å²) in [7, 11) is -3.90. The third kappa shape index (κ3) is 2.41. The minimum atomic E-state index is -3.90. The maximum absolute atomic E-state index is 11.6. The van der Waals surface area contributed by atoms with E-state index in [1.165, 1.54) is 6.07 Å². The minimum Gasteiger partial charge on any atom is -0.397 e. The summed E-state index contributed by atoms with van der Waals surface area (Å²) < 4.78 is 23.2. The molecule has 0 amide bonds. The highest BCUT2D eigenvalue weighted by molar-refractivity contribution is 7.89. The number of pyridine rings is 1. The lowest BCUT2D eigenvalue weighted by Gasteiger charge is -2.12. The van der Waals surface area contributed by atoms with E-state index < -0.39 is 10.0 Å². The van der Waals surface area contributed by atoms with Gasteiger partial charge >= 0.3 is 0 Å². The Hall–Kier alpha value is -2.15. The minimum absolute atomic E-state index is 0.0966. The Morgan fingerprint density at radius 3 is 2.41 bits per heavy atom. The van der Waals surface area contributed by atoms with Crippen LogP contribution in [-0.2, 0) is 10.0 Å². The molecule has 112 valence electrons. The molecule has 4 N–H and O–H groups in total. The fourth-order valence-corrected chi connectivity index (χ4v) is 3.28. The first-order chi connectivity index (χ1) is 10.4. The second kappa shape index (κ2) is 5.24. The summed E-state index contributed by atoms with van der Waals surface area (Å²) in [6.45, 7) is 0. The van der Waals surface area contributed by atoms with Crippen LogP contribution in [0.1, 0.15) is 0 Å². The second-order valence-corrected chi connectivity index (χ2v) is 6.69. The Labute approximate surface area is 132 Å². The summed E-state index contributed by atoms with van der Waals surface area (Å²) in [6.07, 6.45) is 1.59. The molecule has 22 heavy (non-hydrogen) atoms. The van der Waals surface area contributed by atoms with Gasteiger partial charge in [-0.2, -0.15) is 0 Å². The second-order valence-electron chi connectivity index (χ2n) is 4.76. The lowest BCUT2D eigenvalue weighted by Crippen LogP contribution is -2.14. The summed E-state index contributed by atoms with van der Waals surface area (Å²) >= 11 is 6.17. The number of aromatic nitrogens is 1. The first kappa shape index (κ1) is 14.8. The van der Waals surface area contributed by atoms with Gasteiger partial charge in [0.25, 0.3) is 0 Å². The van der Waals surface area contributed by atoms with Crippen molar-refractivity contribution >= 4 is 38.2 Å². The van der Waals surface area contributed by atoms with Crippen LogP contribution in [0.3, 0.4) is 0 Å². The normalized spacial score (nSPS) is 11.7. The number of halogens is 1. The molecule has 0 aliphatic rings. The summed E-state index contributed by atoms with van der Waals surface area (Å²) in [6, 6.07) is 11.8. The van der Waals surface area contributed by atoms with Crippen molar-refractivity contribution in [3.05, 3.63) is 53.7 Å². The number of hydrogen-bond acceptors (Lipinski definition) is 4. The van der Waals surface area contributed by atoms with E-state index in [-0.39, 0.29) is 10.6 Å². The van der Waals surface area contributed by atoms with Gasteiger partial charge in [0.1, 0.15) is 4.90 Å². The van der Waals surface area contributed by atoms with E-state index in [9.17, 15) is 8.42 Å². The molecule has 0 aliphatic heterocycles. The molecule has 0 radical (unpaired) electrons. The molecule has 0 bridgehead atoms. The molecule has 0 fully saturated rings. The van der Waals surface area contributed by atoms with Gasteiger partial charge < -0.3 is 5.73 Å². The Balaban J connectivity index is 2.37. The van der Waals surface area contributed by atoms with Gasteiger partial charge in [0.15, 0.2) is 0 Å². The standard InChI is InChI=1S/C15H12ClN3O2S/c16-12-7-8-19-15-10(4-1-5-11(12)15)9-3-2-6-13(14(9)17)22(18,20)21/h1-8H,17H2,(H2,18,20,21). The molecule has 0 unspecified atom stereocenters. The molecule has 2 aromatic carbocycles. The number of anilines is 1. The lowest BCUT2D eigenvalue weighted by molar-refractivity contribution is 0.598. The predicted molar refractivity (Wildman–Crippen MR) is 88.0 cm³/mol. The average molecular weight is 334 g/mol. The van der Waals surface area contributed by atoms with E-state index in [4.69, 9.17) is 22.5 Å². The van der Waals surface area contributed by atoms with Gasteiger partial charge in [-0.05, 0) is 12.1 Å². The van der Waals surface area contributed by atoms with Gasteiger partial charge in [0.2, 0.25) is 10.0 Å². The van der Waals surface area contributed by atoms with Crippen LogP contribution in [0, 0.1) is 0 Å². The predicted octanol–water partition coefficient (Wildman–Crippen LogP) is 2.78. The highest BCUT2D eigenvalue weighted by Crippen LogP contribution is 2.35. The van der Waals surface area contributed by atoms with Gasteiger partial charge in [0, 0.05) is 22.7 Å². The van der Waals surface area contributed by atoms with Crippen LogP contribution in [0.25, 0.3) is 22.0 Å². The van der Waals surface area contributed by atoms with E-state index in [2.05, 4.69) is 4.98 Å². The van der Waals surface area contributed by atoms with Crippen molar-refractivity contribution in [2.45, 2.75) is 4.90 Å². The first-order valence-corrected chi connectivity index (χ1v) is 8.27. The quantitative estimate of drug-likeness (QED) is 0.704. The van der Waals surface area contributed by atoms with Gasteiger partial charge in [0.05, 0.1) is 16.2 Å². The van der Waals surface area contributed by atoms with E-state index in [1.54, 1.807) is 24.4 Å². The monoisotopic (exact) mass is 333 g/mol. The van der Waals surface area contributed by atoms with Crippen LogP contribution in [0.2, 0.25) is 5.02 Å². The highest BCUT2D eigenvalue weighted by atomic mass is 35.5. The summed E-state index contributed by atoms with van der Waals surface area (Å²) in [5.41, 5.74) is 8.00. The van der Waals surface area contributed by atoms with Gasteiger partial charge in [-0.3, -0.25) is 4.98 Å². The van der Waals surface area contributed by atoms with Crippen molar-refractivity contribution in [1.29, 1.82) is 0 Å². The third-order valence-corrected chi connectivity index (χ3v) is 4.68. The maximum Gasteiger partial charge on any atom is 0.240 e. The van der Waals surface area contributed by atoms with Crippen molar-refractivity contribution < 1.29 is 8.42 Å². The number of para-hydroxylation sites is 2. The Morgan fingerprint density at radius 2 is 1.68 bits per heavy atom. The molecule has 1 aromatic heterocycles. The van der Waals surface area contributed by atoms with Crippen LogP contribution >= 0.6 is 11.6 Å². The Bertz CT molecular complexity index is 987. The Morgan fingerprint density at radius 1 is 1.00 bits per heavy atom. The average Bonchev–Trinajstić information content (AvgIpc) is 2.46.